The lowest BCUT2D eigenvalue weighted by Gasteiger charge is -2.14. The Morgan fingerprint density at radius 1 is 1.23 bits per heavy atom. The number of nitrogens with one attached hydrogen (secondary N) is 1. The van der Waals surface area contributed by atoms with Gasteiger partial charge in [-0.15, -0.1) is 0 Å². The van der Waals surface area contributed by atoms with Gasteiger partial charge >= 0.3 is 5.97 Å². The minimum Gasteiger partial charge on any atom is -0.507 e. The van der Waals surface area contributed by atoms with E-state index in [1.807, 2.05) is 28.7 Å². The second kappa shape index (κ2) is 7.81. The number of esters is 1. The minimum absolute atomic E-state index is 0.0207. The molecule has 7 nitrogen and oxygen atoms in total. The zero-order valence-corrected chi connectivity index (χ0v) is 16.0. The standard InChI is InChI=1S/C18H16INO6/c1-10(26-18(23)13-7-12(19)3-4-14(13)21)17(22)20-8-11-2-5-15-16(6-11)25-9-24-15/h2-7,10,21H,8-9H2,1H3,(H,20,22)/t10-/m0/s1. The summed E-state index contributed by atoms with van der Waals surface area (Å²) in [5, 5.41) is 12.5. The van der Waals surface area contributed by atoms with Gasteiger partial charge in [0.2, 0.25) is 6.79 Å². The monoisotopic (exact) mass is 469 g/mol. The highest BCUT2D eigenvalue weighted by Crippen LogP contribution is 2.32. The van der Waals surface area contributed by atoms with Gasteiger partial charge in [0.25, 0.3) is 5.91 Å². The van der Waals surface area contributed by atoms with E-state index in [1.165, 1.54) is 19.1 Å². The van der Waals surface area contributed by atoms with E-state index < -0.39 is 18.0 Å². The van der Waals surface area contributed by atoms with Crippen LogP contribution in [0, 0.1) is 3.57 Å². The van der Waals surface area contributed by atoms with Crippen LogP contribution in [0.4, 0.5) is 0 Å². The largest absolute Gasteiger partial charge is 0.507 e. The van der Waals surface area contributed by atoms with Crippen molar-refractivity contribution in [1.82, 2.24) is 5.32 Å². The van der Waals surface area contributed by atoms with Gasteiger partial charge in [0, 0.05) is 10.1 Å². The van der Waals surface area contributed by atoms with Gasteiger partial charge in [-0.3, -0.25) is 4.79 Å². The van der Waals surface area contributed by atoms with E-state index in [2.05, 4.69) is 5.32 Å². The Morgan fingerprint density at radius 2 is 2.00 bits per heavy atom. The fourth-order valence-electron chi connectivity index (χ4n) is 2.33. The summed E-state index contributed by atoms with van der Waals surface area (Å²) < 4.78 is 16.4. The van der Waals surface area contributed by atoms with Crippen molar-refractivity contribution < 1.29 is 28.9 Å². The molecule has 0 unspecified atom stereocenters. The van der Waals surface area contributed by atoms with Gasteiger partial charge in [-0.05, 0) is 65.4 Å². The third-order valence-electron chi connectivity index (χ3n) is 3.74. The summed E-state index contributed by atoms with van der Waals surface area (Å²) in [7, 11) is 0. The van der Waals surface area contributed by atoms with E-state index in [4.69, 9.17) is 14.2 Å². The van der Waals surface area contributed by atoms with Crippen molar-refractivity contribution in [3.05, 3.63) is 51.1 Å². The molecular weight excluding hydrogens is 453 g/mol. The number of halogens is 1. The van der Waals surface area contributed by atoms with Crippen LogP contribution in [0.3, 0.4) is 0 Å². The number of phenols is 1. The number of rotatable bonds is 5. The number of hydrogen-bond acceptors (Lipinski definition) is 6. The molecular formula is C18H16INO6. The molecule has 1 aliphatic rings. The Kier molecular flexibility index (Phi) is 5.50. The summed E-state index contributed by atoms with van der Waals surface area (Å²) in [6, 6.07) is 9.93. The molecule has 0 spiro atoms. The molecule has 2 aromatic carbocycles. The second-order valence-electron chi connectivity index (χ2n) is 5.61. The Morgan fingerprint density at radius 3 is 2.81 bits per heavy atom. The van der Waals surface area contributed by atoms with Crippen molar-refractivity contribution in [2.75, 3.05) is 6.79 Å². The van der Waals surface area contributed by atoms with Gasteiger partial charge in [-0.25, -0.2) is 4.79 Å². The number of carbonyl (C=O) groups is 2. The first-order valence-corrected chi connectivity index (χ1v) is 8.87. The van der Waals surface area contributed by atoms with Gasteiger partial charge in [-0.1, -0.05) is 6.07 Å². The maximum absolute atomic E-state index is 12.2. The number of amides is 1. The van der Waals surface area contributed by atoms with E-state index >= 15 is 0 Å². The van der Waals surface area contributed by atoms with Crippen LogP contribution in [-0.4, -0.2) is 29.9 Å². The molecule has 0 saturated carbocycles. The number of aromatic hydroxyl groups is 1. The summed E-state index contributed by atoms with van der Waals surface area (Å²) in [5.74, 6) is -0.0960. The van der Waals surface area contributed by atoms with Crippen LogP contribution >= 0.6 is 22.6 Å². The highest BCUT2D eigenvalue weighted by Gasteiger charge is 2.21. The average molecular weight is 469 g/mol. The van der Waals surface area contributed by atoms with Gasteiger partial charge < -0.3 is 24.6 Å². The van der Waals surface area contributed by atoms with E-state index in [1.54, 1.807) is 18.2 Å². The van der Waals surface area contributed by atoms with Crippen LogP contribution in [0.25, 0.3) is 0 Å². The van der Waals surface area contributed by atoms with E-state index in [0.29, 0.717) is 11.5 Å². The maximum atomic E-state index is 12.2. The summed E-state index contributed by atoms with van der Waals surface area (Å²) in [6.45, 7) is 1.91. The van der Waals surface area contributed by atoms with E-state index in [-0.39, 0.29) is 24.7 Å². The summed E-state index contributed by atoms with van der Waals surface area (Å²) >= 11 is 2.02. The third kappa shape index (κ3) is 4.18. The smallest absolute Gasteiger partial charge is 0.342 e. The average Bonchev–Trinajstić information content (AvgIpc) is 3.09. The van der Waals surface area contributed by atoms with E-state index in [0.717, 1.165) is 9.13 Å². The molecule has 1 atom stereocenters. The van der Waals surface area contributed by atoms with Crippen LogP contribution in [0.2, 0.25) is 0 Å². The van der Waals surface area contributed by atoms with Crippen molar-refractivity contribution in [3.63, 3.8) is 0 Å². The van der Waals surface area contributed by atoms with Crippen LogP contribution in [0.1, 0.15) is 22.8 Å². The zero-order valence-electron chi connectivity index (χ0n) is 13.8. The lowest BCUT2D eigenvalue weighted by molar-refractivity contribution is -0.129. The molecule has 2 N–H and O–H groups in total. The predicted molar refractivity (Wildman–Crippen MR) is 100 cm³/mol. The number of ether oxygens (including phenoxy) is 3. The first kappa shape index (κ1) is 18.3. The fraction of sp³-hybridized carbons (Fsp3) is 0.222. The fourth-order valence-corrected chi connectivity index (χ4v) is 2.82. The van der Waals surface area contributed by atoms with Gasteiger partial charge in [0.15, 0.2) is 17.6 Å². The Balaban J connectivity index is 1.56. The normalized spacial score (nSPS) is 13.2. The Labute approximate surface area is 163 Å². The molecule has 0 radical (unpaired) electrons. The summed E-state index contributed by atoms with van der Waals surface area (Å²) in [4.78, 5) is 24.3. The number of fused-ring (bicyclic) bond motifs is 1. The summed E-state index contributed by atoms with van der Waals surface area (Å²) in [5.41, 5.74) is 0.851. The molecule has 2 aromatic rings. The molecule has 0 saturated heterocycles. The number of phenolic OH excluding ortho intramolecular Hbond substituents is 1. The van der Waals surface area contributed by atoms with Crippen LogP contribution in [0.5, 0.6) is 17.2 Å². The molecule has 0 bridgehead atoms. The third-order valence-corrected chi connectivity index (χ3v) is 4.41. The quantitative estimate of drug-likeness (QED) is 0.517. The molecule has 0 fully saturated rings. The molecule has 1 heterocycles. The van der Waals surface area contributed by atoms with Crippen molar-refractivity contribution in [1.29, 1.82) is 0 Å². The molecule has 1 amide bonds. The molecule has 26 heavy (non-hydrogen) atoms. The first-order chi connectivity index (χ1) is 12.4. The van der Waals surface area contributed by atoms with Crippen molar-refractivity contribution in [3.8, 4) is 17.2 Å². The van der Waals surface area contributed by atoms with Crippen LogP contribution in [0.15, 0.2) is 36.4 Å². The SMILES string of the molecule is C[C@H](OC(=O)c1cc(I)ccc1O)C(=O)NCc1ccc2c(c1)OCO2. The minimum atomic E-state index is -1.01. The zero-order chi connectivity index (χ0) is 18.7. The van der Waals surface area contributed by atoms with Crippen LogP contribution in [-0.2, 0) is 16.1 Å². The van der Waals surface area contributed by atoms with Crippen LogP contribution < -0.4 is 14.8 Å². The Hall–Kier alpha value is -2.49. The maximum Gasteiger partial charge on any atom is 0.342 e. The molecule has 136 valence electrons. The second-order valence-corrected chi connectivity index (χ2v) is 6.86. The molecule has 3 rings (SSSR count). The lowest BCUT2D eigenvalue weighted by atomic mass is 10.2. The predicted octanol–water partition coefficient (Wildman–Crippen LogP) is 2.59. The van der Waals surface area contributed by atoms with Gasteiger partial charge in [-0.2, -0.15) is 0 Å². The van der Waals surface area contributed by atoms with Crippen molar-refractivity contribution >= 4 is 34.5 Å². The van der Waals surface area contributed by atoms with Gasteiger partial charge in [0.05, 0.1) is 0 Å². The van der Waals surface area contributed by atoms with Crippen molar-refractivity contribution in [2.45, 2.75) is 19.6 Å². The first-order valence-electron chi connectivity index (χ1n) is 7.80. The molecule has 1 aliphatic heterocycles. The summed E-state index contributed by atoms with van der Waals surface area (Å²) in [6.07, 6.45) is -1.01. The molecule has 0 aliphatic carbocycles. The number of benzene rings is 2. The molecule has 8 heteroatoms. The van der Waals surface area contributed by atoms with E-state index in [9.17, 15) is 14.7 Å². The van der Waals surface area contributed by atoms with Crippen molar-refractivity contribution in [2.24, 2.45) is 0 Å². The number of hydrogen-bond donors (Lipinski definition) is 2. The Bertz CT molecular complexity index is 854. The van der Waals surface area contributed by atoms with Gasteiger partial charge in [0.1, 0.15) is 11.3 Å². The highest BCUT2D eigenvalue weighted by molar-refractivity contribution is 14.1. The molecule has 0 aromatic heterocycles. The lowest BCUT2D eigenvalue weighted by Crippen LogP contribution is -2.35. The topological polar surface area (TPSA) is 94.1 Å². The highest BCUT2D eigenvalue weighted by atomic mass is 127. The number of carbonyl (C=O) groups excluding carboxylic acids is 2.